The fourth-order valence-corrected chi connectivity index (χ4v) is 3.14. The molecule has 1 aliphatic rings. The standard InChI is InChI=1S/C18H26ClN3O2/c1-14-6-2-3-10-22(14)11-5-9-20-17(23)13-21-18(24)15-7-4-8-16(19)12-15/h4,7-8,12,14H,2-3,5-6,9-11,13H2,1H3,(H,20,23)(H,21,24). The Morgan fingerprint density at radius 1 is 1.29 bits per heavy atom. The Morgan fingerprint density at radius 3 is 2.88 bits per heavy atom. The number of nitrogens with one attached hydrogen (secondary N) is 2. The third-order valence-corrected chi connectivity index (χ3v) is 4.62. The van der Waals surface area contributed by atoms with Crippen molar-refractivity contribution in [3.05, 3.63) is 34.9 Å². The fraction of sp³-hybridized carbons (Fsp3) is 0.556. The summed E-state index contributed by atoms with van der Waals surface area (Å²) >= 11 is 5.85. The number of hydrogen-bond donors (Lipinski definition) is 2. The maximum atomic E-state index is 11.9. The maximum Gasteiger partial charge on any atom is 0.251 e. The molecule has 2 N–H and O–H groups in total. The molecule has 2 rings (SSSR count). The van der Waals surface area contributed by atoms with E-state index in [1.54, 1.807) is 24.3 Å². The maximum absolute atomic E-state index is 11.9. The summed E-state index contributed by atoms with van der Waals surface area (Å²) in [5.74, 6) is -0.466. The van der Waals surface area contributed by atoms with Crippen LogP contribution >= 0.6 is 11.6 Å². The molecule has 1 aromatic carbocycles. The monoisotopic (exact) mass is 351 g/mol. The van der Waals surface area contributed by atoms with Crippen molar-refractivity contribution in [2.45, 2.75) is 38.6 Å². The number of carbonyl (C=O) groups excluding carboxylic acids is 2. The van der Waals surface area contributed by atoms with Gasteiger partial charge in [0, 0.05) is 29.7 Å². The van der Waals surface area contributed by atoms with Crippen LogP contribution in [0.2, 0.25) is 5.02 Å². The molecule has 1 fully saturated rings. The lowest BCUT2D eigenvalue weighted by Gasteiger charge is -2.33. The van der Waals surface area contributed by atoms with E-state index >= 15 is 0 Å². The number of likely N-dealkylation sites (tertiary alicyclic amines) is 1. The SMILES string of the molecule is CC1CCCCN1CCCNC(=O)CNC(=O)c1cccc(Cl)c1. The number of halogens is 1. The highest BCUT2D eigenvalue weighted by Gasteiger charge is 2.17. The van der Waals surface area contributed by atoms with Gasteiger partial charge in [-0.05, 0) is 50.9 Å². The molecule has 0 aromatic heterocycles. The Labute approximate surface area is 148 Å². The zero-order valence-corrected chi connectivity index (χ0v) is 14.9. The van der Waals surface area contributed by atoms with Crippen molar-refractivity contribution in [1.82, 2.24) is 15.5 Å². The lowest BCUT2D eigenvalue weighted by molar-refractivity contribution is -0.120. The van der Waals surface area contributed by atoms with Gasteiger partial charge in [-0.3, -0.25) is 9.59 Å². The molecule has 132 valence electrons. The van der Waals surface area contributed by atoms with Crippen LogP contribution in [0, 0.1) is 0 Å². The molecular weight excluding hydrogens is 326 g/mol. The van der Waals surface area contributed by atoms with E-state index in [9.17, 15) is 9.59 Å². The topological polar surface area (TPSA) is 61.4 Å². The predicted molar refractivity (Wildman–Crippen MR) is 96.3 cm³/mol. The zero-order valence-electron chi connectivity index (χ0n) is 14.2. The van der Waals surface area contributed by atoms with Gasteiger partial charge in [0.25, 0.3) is 5.91 Å². The number of rotatable bonds is 7. The van der Waals surface area contributed by atoms with E-state index in [2.05, 4.69) is 22.5 Å². The predicted octanol–water partition coefficient (Wildman–Crippen LogP) is 2.45. The molecule has 1 aromatic rings. The van der Waals surface area contributed by atoms with E-state index in [0.717, 1.165) is 19.5 Å². The molecule has 0 saturated carbocycles. The summed E-state index contributed by atoms with van der Waals surface area (Å²) in [6.07, 6.45) is 4.78. The number of amides is 2. The molecule has 1 atom stereocenters. The summed E-state index contributed by atoms with van der Waals surface area (Å²) < 4.78 is 0. The first-order chi connectivity index (χ1) is 11.6. The van der Waals surface area contributed by atoms with Crippen LogP contribution in [-0.4, -0.2) is 48.9 Å². The van der Waals surface area contributed by atoms with Crippen molar-refractivity contribution in [1.29, 1.82) is 0 Å². The number of carbonyl (C=O) groups is 2. The third kappa shape index (κ3) is 6.13. The van der Waals surface area contributed by atoms with Crippen LogP contribution in [0.1, 0.15) is 43.0 Å². The number of hydrogen-bond acceptors (Lipinski definition) is 3. The van der Waals surface area contributed by atoms with E-state index < -0.39 is 0 Å². The molecule has 0 radical (unpaired) electrons. The summed E-state index contributed by atoms with van der Waals surface area (Å²) in [5, 5.41) is 5.95. The van der Waals surface area contributed by atoms with Gasteiger partial charge in [0.1, 0.15) is 0 Å². The number of piperidine rings is 1. The molecule has 1 aliphatic heterocycles. The number of nitrogens with zero attached hydrogens (tertiary/aromatic N) is 1. The van der Waals surface area contributed by atoms with Gasteiger partial charge in [-0.25, -0.2) is 0 Å². The minimum atomic E-state index is -0.296. The van der Waals surface area contributed by atoms with E-state index in [1.165, 1.54) is 19.3 Å². The van der Waals surface area contributed by atoms with Crippen LogP contribution in [0.15, 0.2) is 24.3 Å². The lowest BCUT2D eigenvalue weighted by atomic mass is 10.0. The number of benzene rings is 1. The second-order valence-corrected chi connectivity index (χ2v) is 6.71. The van der Waals surface area contributed by atoms with E-state index in [4.69, 9.17) is 11.6 Å². The summed E-state index contributed by atoms with van der Waals surface area (Å²) in [4.78, 5) is 26.2. The molecule has 0 bridgehead atoms. The molecule has 24 heavy (non-hydrogen) atoms. The van der Waals surface area contributed by atoms with Crippen molar-refractivity contribution in [2.75, 3.05) is 26.2 Å². The van der Waals surface area contributed by atoms with Gasteiger partial charge in [0.05, 0.1) is 6.54 Å². The van der Waals surface area contributed by atoms with Crippen molar-refractivity contribution >= 4 is 23.4 Å². The summed E-state index contributed by atoms with van der Waals surface area (Å²) in [5.41, 5.74) is 0.453. The minimum absolute atomic E-state index is 0.0224. The second kappa shape index (κ2) is 9.64. The van der Waals surface area contributed by atoms with Crippen molar-refractivity contribution in [2.24, 2.45) is 0 Å². The molecule has 1 saturated heterocycles. The van der Waals surface area contributed by atoms with Crippen molar-refractivity contribution < 1.29 is 9.59 Å². The quantitative estimate of drug-likeness (QED) is 0.742. The lowest BCUT2D eigenvalue weighted by Crippen LogP contribution is -2.40. The van der Waals surface area contributed by atoms with Crippen molar-refractivity contribution in [3.8, 4) is 0 Å². The first kappa shape index (κ1) is 18.7. The minimum Gasteiger partial charge on any atom is -0.355 e. The summed E-state index contributed by atoms with van der Waals surface area (Å²) in [7, 11) is 0. The molecular formula is C18H26ClN3O2. The van der Waals surface area contributed by atoms with E-state index in [1.807, 2.05) is 0 Å². The second-order valence-electron chi connectivity index (χ2n) is 6.28. The first-order valence-corrected chi connectivity index (χ1v) is 8.98. The van der Waals surface area contributed by atoms with Crippen LogP contribution in [0.5, 0.6) is 0 Å². The molecule has 0 aliphatic carbocycles. The van der Waals surface area contributed by atoms with Gasteiger partial charge >= 0.3 is 0 Å². The van der Waals surface area contributed by atoms with Crippen molar-refractivity contribution in [3.63, 3.8) is 0 Å². The van der Waals surface area contributed by atoms with Crippen LogP contribution in [0.4, 0.5) is 0 Å². The highest BCUT2D eigenvalue weighted by molar-refractivity contribution is 6.30. The molecule has 2 amide bonds. The Bertz CT molecular complexity index is 565. The molecule has 5 nitrogen and oxygen atoms in total. The van der Waals surface area contributed by atoms with Gasteiger partial charge in [-0.1, -0.05) is 24.1 Å². The largest absolute Gasteiger partial charge is 0.355 e. The first-order valence-electron chi connectivity index (χ1n) is 8.61. The molecule has 0 spiro atoms. The average Bonchev–Trinajstić information content (AvgIpc) is 2.58. The zero-order chi connectivity index (χ0) is 17.4. The van der Waals surface area contributed by atoms with E-state index in [0.29, 0.717) is 23.2 Å². The molecule has 1 unspecified atom stereocenters. The van der Waals surface area contributed by atoms with Gasteiger partial charge in [-0.15, -0.1) is 0 Å². The molecule has 6 heteroatoms. The van der Waals surface area contributed by atoms with Crippen LogP contribution in [0.25, 0.3) is 0 Å². The van der Waals surface area contributed by atoms with Gasteiger partial charge in [0.2, 0.25) is 5.91 Å². The van der Waals surface area contributed by atoms with Crippen LogP contribution in [-0.2, 0) is 4.79 Å². The van der Waals surface area contributed by atoms with Crippen LogP contribution in [0.3, 0.4) is 0 Å². The third-order valence-electron chi connectivity index (χ3n) is 4.38. The Morgan fingerprint density at radius 2 is 2.12 bits per heavy atom. The Balaban J connectivity index is 1.60. The molecule has 1 heterocycles. The van der Waals surface area contributed by atoms with Gasteiger partial charge < -0.3 is 15.5 Å². The van der Waals surface area contributed by atoms with Gasteiger partial charge in [-0.2, -0.15) is 0 Å². The average molecular weight is 352 g/mol. The highest BCUT2D eigenvalue weighted by atomic mass is 35.5. The van der Waals surface area contributed by atoms with Crippen LogP contribution < -0.4 is 10.6 Å². The summed E-state index contributed by atoms with van der Waals surface area (Å²) in [6.45, 7) is 5.05. The normalized spacial score (nSPS) is 18.2. The highest BCUT2D eigenvalue weighted by Crippen LogP contribution is 2.16. The summed E-state index contributed by atoms with van der Waals surface area (Å²) in [6, 6.07) is 7.30. The Hall–Kier alpha value is -1.59. The fourth-order valence-electron chi connectivity index (χ4n) is 2.95. The Kier molecular flexibility index (Phi) is 7.53. The van der Waals surface area contributed by atoms with E-state index in [-0.39, 0.29) is 18.4 Å². The smallest absolute Gasteiger partial charge is 0.251 e. The van der Waals surface area contributed by atoms with Gasteiger partial charge in [0.15, 0.2) is 0 Å².